The fourth-order valence-corrected chi connectivity index (χ4v) is 4.49. The zero-order valence-electron chi connectivity index (χ0n) is 13.0. The molecule has 0 aromatic carbocycles. The molecule has 0 radical (unpaired) electrons. The minimum absolute atomic E-state index is 0.704. The van der Waals surface area contributed by atoms with Crippen LogP contribution in [-0.4, -0.2) is 41.7 Å². The molecule has 0 spiro atoms. The second-order valence-corrected chi connectivity index (χ2v) is 7.48. The van der Waals surface area contributed by atoms with Crippen molar-refractivity contribution in [1.82, 2.24) is 10.3 Å². The molecule has 3 nitrogen and oxygen atoms in total. The van der Waals surface area contributed by atoms with E-state index in [0.717, 1.165) is 30.2 Å². The maximum absolute atomic E-state index is 4.47. The van der Waals surface area contributed by atoms with Crippen LogP contribution in [-0.2, 0) is 0 Å². The SMILES string of the molecule is CSC1CCCC(NC2CCN(c3ccccn3)CC2)C1. The predicted molar refractivity (Wildman–Crippen MR) is 92.2 cm³/mol. The van der Waals surface area contributed by atoms with Crippen molar-refractivity contribution in [1.29, 1.82) is 0 Å². The predicted octanol–water partition coefficient (Wildman–Crippen LogP) is 3.31. The molecule has 1 aromatic heterocycles. The summed E-state index contributed by atoms with van der Waals surface area (Å²) in [6.07, 6.45) is 12.2. The van der Waals surface area contributed by atoms with E-state index in [0.29, 0.717) is 6.04 Å². The number of nitrogens with one attached hydrogen (secondary N) is 1. The lowest BCUT2D eigenvalue weighted by molar-refractivity contribution is 0.311. The molecule has 1 saturated heterocycles. The number of hydrogen-bond acceptors (Lipinski definition) is 4. The lowest BCUT2D eigenvalue weighted by Crippen LogP contribution is -2.47. The fraction of sp³-hybridized carbons (Fsp3) is 0.706. The highest BCUT2D eigenvalue weighted by atomic mass is 32.2. The number of rotatable bonds is 4. The van der Waals surface area contributed by atoms with Gasteiger partial charge in [0, 0.05) is 36.6 Å². The van der Waals surface area contributed by atoms with Crippen molar-refractivity contribution in [2.45, 2.75) is 55.9 Å². The van der Waals surface area contributed by atoms with Gasteiger partial charge in [0.1, 0.15) is 5.82 Å². The Morgan fingerprint density at radius 1 is 1.14 bits per heavy atom. The first-order valence-electron chi connectivity index (χ1n) is 8.30. The number of piperidine rings is 1. The summed E-state index contributed by atoms with van der Waals surface area (Å²) in [4.78, 5) is 6.89. The molecule has 4 heteroatoms. The molecule has 2 aliphatic rings. The molecule has 2 atom stereocenters. The van der Waals surface area contributed by atoms with Crippen LogP contribution in [0.2, 0.25) is 0 Å². The largest absolute Gasteiger partial charge is 0.357 e. The van der Waals surface area contributed by atoms with Crippen LogP contribution >= 0.6 is 11.8 Å². The average Bonchev–Trinajstić information content (AvgIpc) is 2.56. The Bertz CT molecular complexity index is 417. The molecule has 21 heavy (non-hydrogen) atoms. The smallest absolute Gasteiger partial charge is 0.128 e. The maximum atomic E-state index is 4.47. The first-order valence-corrected chi connectivity index (χ1v) is 9.59. The average molecular weight is 305 g/mol. The van der Waals surface area contributed by atoms with Gasteiger partial charge in [-0.2, -0.15) is 11.8 Å². The Morgan fingerprint density at radius 2 is 2.00 bits per heavy atom. The lowest BCUT2D eigenvalue weighted by atomic mass is 9.93. The van der Waals surface area contributed by atoms with Crippen LogP contribution in [0.4, 0.5) is 5.82 Å². The number of nitrogens with zero attached hydrogens (tertiary/aromatic N) is 2. The summed E-state index contributed by atoms with van der Waals surface area (Å²) in [7, 11) is 0. The van der Waals surface area contributed by atoms with Crippen LogP contribution in [0.15, 0.2) is 24.4 Å². The van der Waals surface area contributed by atoms with Crippen molar-refractivity contribution in [3.05, 3.63) is 24.4 Å². The second kappa shape index (κ2) is 7.50. The summed E-state index contributed by atoms with van der Waals surface area (Å²) in [5.74, 6) is 1.14. The quantitative estimate of drug-likeness (QED) is 0.924. The van der Waals surface area contributed by atoms with E-state index in [1.807, 2.05) is 12.3 Å². The normalized spacial score (nSPS) is 27.8. The molecule has 1 N–H and O–H groups in total. The van der Waals surface area contributed by atoms with E-state index < -0.39 is 0 Å². The van der Waals surface area contributed by atoms with Gasteiger partial charge in [0.05, 0.1) is 0 Å². The number of thioether (sulfide) groups is 1. The van der Waals surface area contributed by atoms with E-state index in [4.69, 9.17) is 0 Å². The summed E-state index contributed by atoms with van der Waals surface area (Å²) < 4.78 is 0. The van der Waals surface area contributed by atoms with Crippen LogP contribution in [0.1, 0.15) is 38.5 Å². The van der Waals surface area contributed by atoms with Crippen molar-refractivity contribution in [3.8, 4) is 0 Å². The monoisotopic (exact) mass is 305 g/mol. The van der Waals surface area contributed by atoms with Gasteiger partial charge >= 0.3 is 0 Å². The van der Waals surface area contributed by atoms with Crippen LogP contribution in [0.3, 0.4) is 0 Å². The van der Waals surface area contributed by atoms with E-state index in [9.17, 15) is 0 Å². The fourth-order valence-electron chi connectivity index (χ4n) is 3.66. The van der Waals surface area contributed by atoms with Crippen molar-refractivity contribution in [3.63, 3.8) is 0 Å². The second-order valence-electron chi connectivity index (χ2n) is 6.34. The Labute approximate surface area is 132 Å². The first-order chi connectivity index (χ1) is 10.3. The summed E-state index contributed by atoms with van der Waals surface area (Å²) in [5, 5.41) is 4.81. The summed E-state index contributed by atoms with van der Waals surface area (Å²) in [6, 6.07) is 7.65. The molecule has 1 aliphatic heterocycles. The van der Waals surface area contributed by atoms with E-state index in [1.54, 1.807) is 0 Å². The molecule has 2 fully saturated rings. The summed E-state index contributed by atoms with van der Waals surface area (Å²) >= 11 is 2.05. The molecule has 2 unspecified atom stereocenters. The van der Waals surface area contributed by atoms with Crippen molar-refractivity contribution >= 4 is 17.6 Å². The Morgan fingerprint density at radius 3 is 2.71 bits per heavy atom. The van der Waals surface area contributed by atoms with Gasteiger partial charge in [-0.1, -0.05) is 12.5 Å². The molecular weight excluding hydrogens is 278 g/mol. The number of pyridine rings is 1. The molecule has 3 rings (SSSR count). The van der Waals surface area contributed by atoms with Gasteiger partial charge in [-0.15, -0.1) is 0 Å². The van der Waals surface area contributed by atoms with Gasteiger partial charge < -0.3 is 10.2 Å². The molecule has 1 aromatic rings. The minimum atomic E-state index is 0.704. The third-order valence-corrected chi connectivity index (χ3v) is 5.99. The first kappa shape index (κ1) is 15.2. The highest BCUT2D eigenvalue weighted by Crippen LogP contribution is 2.28. The molecule has 0 amide bonds. The standard InChI is InChI=1S/C17H27N3S/c1-21-16-6-4-5-15(13-16)19-14-8-11-20(12-9-14)17-7-2-3-10-18-17/h2-3,7,10,14-16,19H,4-6,8-9,11-13H2,1H3. The van der Waals surface area contributed by atoms with Gasteiger partial charge in [-0.3, -0.25) is 0 Å². The highest BCUT2D eigenvalue weighted by molar-refractivity contribution is 7.99. The lowest BCUT2D eigenvalue weighted by Gasteiger charge is -2.37. The Balaban J connectivity index is 1.45. The number of aromatic nitrogens is 1. The van der Waals surface area contributed by atoms with Gasteiger partial charge in [0.15, 0.2) is 0 Å². The van der Waals surface area contributed by atoms with Gasteiger partial charge in [-0.05, 0) is 50.5 Å². The van der Waals surface area contributed by atoms with E-state index in [-0.39, 0.29) is 0 Å². The topological polar surface area (TPSA) is 28.2 Å². The molecule has 116 valence electrons. The molecule has 2 heterocycles. The van der Waals surface area contributed by atoms with Gasteiger partial charge in [0.2, 0.25) is 0 Å². The zero-order chi connectivity index (χ0) is 14.5. The van der Waals surface area contributed by atoms with E-state index in [2.05, 4.69) is 45.4 Å². The third-order valence-electron chi connectivity index (χ3n) is 4.90. The van der Waals surface area contributed by atoms with Gasteiger partial charge in [-0.25, -0.2) is 4.98 Å². The Hall–Kier alpha value is -0.740. The Kier molecular flexibility index (Phi) is 5.42. The molecule has 1 saturated carbocycles. The van der Waals surface area contributed by atoms with Crippen LogP contribution in [0.5, 0.6) is 0 Å². The van der Waals surface area contributed by atoms with E-state index in [1.165, 1.54) is 38.5 Å². The molecular formula is C17H27N3S. The maximum Gasteiger partial charge on any atom is 0.128 e. The third kappa shape index (κ3) is 4.13. The van der Waals surface area contributed by atoms with E-state index >= 15 is 0 Å². The molecule has 1 aliphatic carbocycles. The van der Waals surface area contributed by atoms with Crippen molar-refractivity contribution < 1.29 is 0 Å². The van der Waals surface area contributed by atoms with Crippen LogP contribution in [0, 0.1) is 0 Å². The van der Waals surface area contributed by atoms with Gasteiger partial charge in [0.25, 0.3) is 0 Å². The van der Waals surface area contributed by atoms with Crippen molar-refractivity contribution in [2.75, 3.05) is 24.2 Å². The van der Waals surface area contributed by atoms with Crippen molar-refractivity contribution in [2.24, 2.45) is 0 Å². The number of hydrogen-bond donors (Lipinski definition) is 1. The van der Waals surface area contributed by atoms with Crippen LogP contribution < -0.4 is 10.2 Å². The minimum Gasteiger partial charge on any atom is -0.357 e. The highest BCUT2D eigenvalue weighted by Gasteiger charge is 2.26. The summed E-state index contributed by atoms with van der Waals surface area (Å²) in [6.45, 7) is 2.26. The number of anilines is 1. The summed E-state index contributed by atoms with van der Waals surface area (Å²) in [5.41, 5.74) is 0. The zero-order valence-corrected chi connectivity index (χ0v) is 13.8. The molecule has 0 bridgehead atoms. The van der Waals surface area contributed by atoms with Crippen LogP contribution in [0.25, 0.3) is 0 Å².